The van der Waals surface area contributed by atoms with Gasteiger partial charge in [0.25, 0.3) is 0 Å². The Morgan fingerprint density at radius 3 is 2.28 bits per heavy atom. The van der Waals surface area contributed by atoms with Crippen molar-refractivity contribution >= 4 is 34.9 Å². The number of carbonyl (C=O) groups is 1. The lowest BCUT2D eigenvalue weighted by Crippen LogP contribution is -2.36. The lowest BCUT2D eigenvalue weighted by atomic mass is 10.1. The number of benzene rings is 2. The number of morpholine rings is 1. The number of hydrogen-bond acceptors (Lipinski definition) is 9. The first-order valence-corrected chi connectivity index (χ1v) is 11.4. The predicted molar refractivity (Wildman–Crippen MR) is 139 cm³/mol. The van der Waals surface area contributed by atoms with E-state index in [9.17, 15) is 4.79 Å². The molecular formula is C26H29N5O5. The highest BCUT2D eigenvalue weighted by Gasteiger charge is 2.13. The summed E-state index contributed by atoms with van der Waals surface area (Å²) in [4.78, 5) is 14.7. The quantitative estimate of drug-likeness (QED) is 0.433. The standard InChI is InChI=1S/C26H29N5O5/c1-33-22-14-18(15-23(34-2)26(22)35-3)4-9-25(32)29-20-7-5-19(6-8-20)28-24-16-21(17-27-30-24)31-10-12-36-13-11-31/h4-9,14-17H,10-13H2,1-3H3,(H,28,30)(H,29,32)/b9-4+. The van der Waals surface area contributed by atoms with Crippen molar-refractivity contribution in [3.63, 3.8) is 0 Å². The van der Waals surface area contributed by atoms with Gasteiger partial charge in [-0.1, -0.05) is 0 Å². The zero-order valence-electron chi connectivity index (χ0n) is 20.5. The van der Waals surface area contributed by atoms with E-state index in [1.54, 1.807) is 45.7 Å². The lowest BCUT2D eigenvalue weighted by Gasteiger charge is -2.28. The van der Waals surface area contributed by atoms with E-state index in [4.69, 9.17) is 18.9 Å². The third-order valence-corrected chi connectivity index (χ3v) is 5.56. The first-order chi connectivity index (χ1) is 17.6. The molecule has 10 heteroatoms. The van der Waals surface area contributed by atoms with Crippen molar-refractivity contribution < 1.29 is 23.7 Å². The molecule has 36 heavy (non-hydrogen) atoms. The molecule has 0 atom stereocenters. The Bertz CT molecular complexity index is 1180. The molecule has 4 rings (SSSR count). The molecule has 10 nitrogen and oxygen atoms in total. The summed E-state index contributed by atoms with van der Waals surface area (Å²) in [5, 5.41) is 14.4. The maximum Gasteiger partial charge on any atom is 0.248 e. The zero-order valence-corrected chi connectivity index (χ0v) is 20.5. The van der Waals surface area contributed by atoms with Gasteiger partial charge in [0, 0.05) is 36.6 Å². The molecular weight excluding hydrogens is 462 g/mol. The van der Waals surface area contributed by atoms with Gasteiger partial charge < -0.3 is 34.5 Å². The van der Waals surface area contributed by atoms with Gasteiger partial charge in [0.1, 0.15) is 0 Å². The van der Waals surface area contributed by atoms with Crippen LogP contribution in [0.1, 0.15) is 5.56 Å². The van der Waals surface area contributed by atoms with Gasteiger partial charge in [-0.25, -0.2) is 0 Å². The molecule has 0 unspecified atom stereocenters. The molecule has 0 radical (unpaired) electrons. The number of anilines is 4. The summed E-state index contributed by atoms with van der Waals surface area (Å²) >= 11 is 0. The molecule has 2 N–H and O–H groups in total. The smallest absolute Gasteiger partial charge is 0.248 e. The number of aromatic nitrogens is 2. The second kappa shape index (κ2) is 11.9. The summed E-state index contributed by atoms with van der Waals surface area (Å²) in [6.07, 6.45) is 4.87. The highest BCUT2D eigenvalue weighted by Crippen LogP contribution is 2.38. The van der Waals surface area contributed by atoms with Crippen LogP contribution >= 0.6 is 0 Å². The minimum absolute atomic E-state index is 0.270. The van der Waals surface area contributed by atoms with E-state index in [0.717, 1.165) is 30.0 Å². The van der Waals surface area contributed by atoms with Crippen LogP contribution in [0.4, 0.5) is 22.9 Å². The van der Waals surface area contributed by atoms with Crippen LogP contribution in [-0.4, -0.2) is 63.7 Å². The molecule has 1 saturated heterocycles. The molecule has 1 fully saturated rings. The molecule has 3 aromatic rings. The van der Waals surface area contributed by atoms with Gasteiger partial charge in [-0.05, 0) is 48.0 Å². The molecule has 0 saturated carbocycles. The largest absolute Gasteiger partial charge is 0.493 e. The second-order valence-corrected chi connectivity index (χ2v) is 7.88. The fourth-order valence-corrected chi connectivity index (χ4v) is 3.75. The van der Waals surface area contributed by atoms with Crippen LogP contribution < -0.4 is 29.7 Å². The summed E-state index contributed by atoms with van der Waals surface area (Å²) in [6.45, 7) is 3.06. The van der Waals surface area contributed by atoms with Crippen LogP contribution in [0.3, 0.4) is 0 Å². The van der Waals surface area contributed by atoms with Crippen LogP contribution in [0, 0.1) is 0 Å². The predicted octanol–water partition coefficient (Wildman–Crippen LogP) is 3.73. The zero-order chi connectivity index (χ0) is 25.3. The maximum absolute atomic E-state index is 12.4. The Balaban J connectivity index is 1.36. The number of amides is 1. The van der Waals surface area contributed by atoms with Crippen molar-refractivity contribution in [3.8, 4) is 17.2 Å². The summed E-state index contributed by atoms with van der Waals surface area (Å²) in [5.74, 6) is 1.90. The van der Waals surface area contributed by atoms with Gasteiger partial charge in [-0.15, -0.1) is 5.10 Å². The summed E-state index contributed by atoms with van der Waals surface area (Å²) in [7, 11) is 4.63. The molecule has 2 heterocycles. The van der Waals surface area contributed by atoms with Gasteiger partial charge in [0.05, 0.1) is 46.4 Å². The van der Waals surface area contributed by atoms with Gasteiger partial charge in [0.15, 0.2) is 17.3 Å². The summed E-state index contributed by atoms with van der Waals surface area (Å²) < 4.78 is 21.4. The molecule has 2 aromatic carbocycles. The molecule has 0 aliphatic carbocycles. The number of carbonyl (C=O) groups excluding carboxylic acids is 1. The van der Waals surface area contributed by atoms with Gasteiger partial charge in [0.2, 0.25) is 11.7 Å². The first kappa shape index (κ1) is 24.8. The average molecular weight is 492 g/mol. The first-order valence-electron chi connectivity index (χ1n) is 11.4. The minimum Gasteiger partial charge on any atom is -0.493 e. The highest BCUT2D eigenvalue weighted by atomic mass is 16.5. The summed E-state index contributed by atoms with van der Waals surface area (Å²) in [5.41, 5.74) is 3.22. The number of rotatable bonds is 9. The maximum atomic E-state index is 12.4. The normalized spacial score (nSPS) is 13.4. The van der Waals surface area contributed by atoms with E-state index in [-0.39, 0.29) is 5.91 Å². The van der Waals surface area contributed by atoms with E-state index in [2.05, 4.69) is 25.7 Å². The van der Waals surface area contributed by atoms with E-state index in [1.165, 1.54) is 6.08 Å². The Kier molecular flexibility index (Phi) is 8.20. The minimum atomic E-state index is -0.270. The molecule has 188 valence electrons. The number of methoxy groups -OCH3 is 3. The molecule has 1 aromatic heterocycles. The highest BCUT2D eigenvalue weighted by molar-refractivity contribution is 6.02. The van der Waals surface area contributed by atoms with Crippen LogP contribution in [-0.2, 0) is 9.53 Å². The number of hydrogen-bond donors (Lipinski definition) is 2. The van der Waals surface area contributed by atoms with Crippen LogP contribution in [0.15, 0.2) is 54.7 Å². The van der Waals surface area contributed by atoms with E-state index >= 15 is 0 Å². The van der Waals surface area contributed by atoms with Crippen molar-refractivity contribution in [3.05, 3.63) is 60.3 Å². The Hall–Kier alpha value is -4.31. The molecule has 1 aliphatic rings. The Morgan fingerprint density at radius 2 is 1.64 bits per heavy atom. The van der Waals surface area contributed by atoms with Gasteiger partial charge in [-0.2, -0.15) is 5.10 Å². The van der Waals surface area contributed by atoms with E-state index in [1.807, 2.05) is 30.3 Å². The van der Waals surface area contributed by atoms with Gasteiger partial charge in [-0.3, -0.25) is 4.79 Å². The van der Waals surface area contributed by atoms with Crippen molar-refractivity contribution in [2.24, 2.45) is 0 Å². The summed E-state index contributed by atoms with van der Waals surface area (Å²) in [6, 6.07) is 12.8. The Labute approximate surface area is 209 Å². The molecule has 0 bridgehead atoms. The molecule has 1 amide bonds. The van der Waals surface area contributed by atoms with Crippen LogP contribution in [0.25, 0.3) is 6.08 Å². The van der Waals surface area contributed by atoms with Crippen LogP contribution in [0.2, 0.25) is 0 Å². The number of ether oxygens (including phenoxy) is 4. The SMILES string of the molecule is COc1cc(/C=C/C(=O)Nc2ccc(Nc3cc(N4CCOCC4)cnn3)cc2)cc(OC)c1OC. The lowest BCUT2D eigenvalue weighted by molar-refractivity contribution is -0.111. The number of nitrogens with one attached hydrogen (secondary N) is 2. The molecule has 0 spiro atoms. The van der Waals surface area contributed by atoms with Crippen LogP contribution in [0.5, 0.6) is 17.2 Å². The van der Waals surface area contributed by atoms with Crippen molar-refractivity contribution in [1.82, 2.24) is 10.2 Å². The Morgan fingerprint density at radius 1 is 0.972 bits per heavy atom. The van der Waals surface area contributed by atoms with E-state index in [0.29, 0.717) is 42.0 Å². The van der Waals surface area contributed by atoms with Crippen molar-refractivity contribution in [1.29, 1.82) is 0 Å². The third kappa shape index (κ3) is 6.22. The average Bonchev–Trinajstić information content (AvgIpc) is 2.93. The fourth-order valence-electron chi connectivity index (χ4n) is 3.75. The monoisotopic (exact) mass is 491 g/mol. The van der Waals surface area contributed by atoms with Gasteiger partial charge >= 0.3 is 0 Å². The van der Waals surface area contributed by atoms with Crippen molar-refractivity contribution in [2.45, 2.75) is 0 Å². The topological polar surface area (TPSA) is 107 Å². The van der Waals surface area contributed by atoms with Crippen molar-refractivity contribution in [2.75, 3.05) is 63.2 Å². The third-order valence-electron chi connectivity index (χ3n) is 5.56. The molecule has 1 aliphatic heterocycles. The number of nitrogens with zero attached hydrogens (tertiary/aromatic N) is 3. The second-order valence-electron chi connectivity index (χ2n) is 7.88. The fraction of sp³-hybridized carbons (Fsp3) is 0.269. The van der Waals surface area contributed by atoms with E-state index < -0.39 is 0 Å².